The number of allylic oxidation sites excluding steroid dienone is 1. The number of aliphatic hydroxyl groups excluding tert-OH is 1. The Hall–Kier alpha value is -1.16. The molecule has 0 aliphatic rings. The van der Waals surface area contributed by atoms with E-state index in [1.165, 1.54) is 0 Å². The van der Waals surface area contributed by atoms with Gasteiger partial charge in [0.25, 0.3) is 0 Å². The van der Waals surface area contributed by atoms with Crippen molar-refractivity contribution in [2.24, 2.45) is 5.92 Å². The van der Waals surface area contributed by atoms with Gasteiger partial charge in [-0.25, -0.2) is 0 Å². The molecule has 16 heavy (non-hydrogen) atoms. The number of aliphatic carboxylic acids is 1. The maximum atomic E-state index is 10.9. The maximum Gasteiger partial charge on any atom is 0.304 e. The van der Waals surface area contributed by atoms with Gasteiger partial charge in [0.15, 0.2) is 5.78 Å². The van der Waals surface area contributed by atoms with Crippen LogP contribution in [0.15, 0.2) is 12.7 Å². The molecular formula is C12H22O4. The minimum Gasteiger partial charge on any atom is -0.481 e. The van der Waals surface area contributed by atoms with Gasteiger partial charge in [0.05, 0.1) is 6.42 Å². The van der Waals surface area contributed by atoms with Crippen molar-refractivity contribution in [3.63, 3.8) is 0 Å². The predicted octanol–water partition coefficient (Wildman–Crippen LogP) is 2.02. The number of rotatable bonds is 7. The Bertz CT molecular complexity index is 211. The summed E-state index contributed by atoms with van der Waals surface area (Å²) in [5.41, 5.74) is 0. The highest BCUT2D eigenvalue weighted by Crippen LogP contribution is 2.12. The van der Waals surface area contributed by atoms with Crippen LogP contribution in [0.3, 0.4) is 0 Å². The first kappa shape index (κ1) is 17.2. The molecule has 0 aliphatic heterocycles. The zero-order valence-corrected chi connectivity index (χ0v) is 10.1. The van der Waals surface area contributed by atoms with Crippen molar-refractivity contribution >= 4 is 11.8 Å². The molecule has 0 aromatic heterocycles. The van der Waals surface area contributed by atoms with Crippen LogP contribution in [0.5, 0.6) is 0 Å². The van der Waals surface area contributed by atoms with Gasteiger partial charge in [-0.2, -0.15) is 0 Å². The summed E-state index contributed by atoms with van der Waals surface area (Å²) >= 11 is 0. The molecule has 0 fully saturated rings. The van der Waals surface area contributed by atoms with Crippen molar-refractivity contribution < 1.29 is 19.8 Å². The predicted molar refractivity (Wildman–Crippen MR) is 63.2 cm³/mol. The average Bonchev–Trinajstić information content (AvgIpc) is 2.27. The van der Waals surface area contributed by atoms with Gasteiger partial charge in [0, 0.05) is 5.92 Å². The number of hydrogen-bond acceptors (Lipinski definition) is 3. The first-order valence-corrected chi connectivity index (χ1v) is 5.49. The SMILES string of the molecule is C=CCC.CCCC(CC(=O)O)C(=O)CO. The van der Waals surface area contributed by atoms with Crippen LogP contribution in [0.1, 0.15) is 39.5 Å². The van der Waals surface area contributed by atoms with Crippen LogP contribution in [0.25, 0.3) is 0 Å². The Morgan fingerprint density at radius 2 is 1.88 bits per heavy atom. The van der Waals surface area contributed by atoms with E-state index < -0.39 is 18.5 Å². The maximum absolute atomic E-state index is 10.9. The van der Waals surface area contributed by atoms with E-state index in [-0.39, 0.29) is 12.2 Å². The normalized spacial score (nSPS) is 10.9. The summed E-state index contributed by atoms with van der Waals surface area (Å²) in [5.74, 6) is -1.88. The largest absolute Gasteiger partial charge is 0.481 e. The van der Waals surface area contributed by atoms with Crippen molar-refractivity contribution in [1.29, 1.82) is 0 Å². The van der Waals surface area contributed by atoms with E-state index in [4.69, 9.17) is 10.2 Å². The molecular weight excluding hydrogens is 208 g/mol. The molecule has 1 atom stereocenters. The second-order valence-electron chi connectivity index (χ2n) is 3.40. The molecule has 0 saturated heterocycles. The Labute approximate surface area is 97.0 Å². The molecule has 0 saturated carbocycles. The highest BCUT2D eigenvalue weighted by molar-refractivity contribution is 5.85. The number of ketones is 1. The molecule has 1 unspecified atom stereocenters. The molecule has 0 amide bonds. The lowest BCUT2D eigenvalue weighted by atomic mass is 9.95. The molecule has 94 valence electrons. The smallest absolute Gasteiger partial charge is 0.304 e. The molecule has 0 heterocycles. The lowest BCUT2D eigenvalue weighted by Crippen LogP contribution is -2.21. The summed E-state index contributed by atoms with van der Waals surface area (Å²) in [6.45, 7) is 6.86. The van der Waals surface area contributed by atoms with Gasteiger partial charge in [-0.15, -0.1) is 6.58 Å². The van der Waals surface area contributed by atoms with Gasteiger partial charge in [0.2, 0.25) is 0 Å². The molecule has 0 spiro atoms. The number of carbonyl (C=O) groups is 2. The molecule has 0 aromatic rings. The Balaban J connectivity index is 0. The number of aliphatic hydroxyl groups is 1. The fraction of sp³-hybridized carbons (Fsp3) is 0.667. The summed E-state index contributed by atoms with van der Waals surface area (Å²) in [4.78, 5) is 21.2. The second-order valence-corrected chi connectivity index (χ2v) is 3.40. The first-order chi connectivity index (χ1) is 7.53. The molecule has 0 aromatic carbocycles. The summed E-state index contributed by atoms with van der Waals surface area (Å²) in [6.07, 6.45) is 4.07. The molecule has 2 N–H and O–H groups in total. The van der Waals surface area contributed by atoms with Gasteiger partial charge < -0.3 is 10.2 Å². The van der Waals surface area contributed by atoms with Gasteiger partial charge >= 0.3 is 5.97 Å². The Kier molecular flexibility index (Phi) is 12.8. The van der Waals surface area contributed by atoms with Crippen LogP contribution in [0, 0.1) is 5.92 Å². The van der Waals surface area contributed by atoms with E-state index in [0.29, 0.717) is 6.42 Å². The van der Waals surface area contributed by atoms with Gasteiger partial charge in [-0.1, -0.05) is 26.3 Å². The lowest BCUT2D eigenvalue weighted by molar-refractivity contribution is -0.141. The molecule has 0 aliphatic carbocycles. The van der Waals surface area contributed by atoms with Crippen LogP contribution in [-0.4, -0.2) is 28.6 Å². The fourth-order valence-electron chi connectivity index (χ4n) is 1.07. The summed E-state index contributed by atoms with van der Waals surface area (Å²) in [7, 11) is 0. The Morgan fingerprint density at radius 3 is 2.12 bits per heavy atom. The van der Waals surface area contributed by atoms with Crippen LogP contribution in [0.2, 0.25) is 0 Å². The van der Waals surface area contributed by atoms with Crippen LogP contribution < -0.4 is 0 Å². The zero-order valence-electron chi connectivity index (χ0n) is 10.1. The average molecular weight is 230 g/mol. The number of hydrogen-bond donors (Lipinski definition) is 2. The molecule has 0 rings (SSSR count). The minimum atomic E-state index is -0.991. The van der Waals surface area contributed by atoms with Crippen LogP contribution >= 0.6 is 0 Å². The molecule has 4 nitrogen and oxygen atoms in total. The highest BCUT2D eigenvalue weighted by atomic mass is 16.4. The third-order valence-corrected chi connectivity index (χ3v) is 1.96. The fourth-order valence-corrected chi connectivity index (χ4v) is 1.07. The lowest BCUT2D eigenvalue weighted by Gasteiger charge is -2.09. The standard InChI is InChI=1S/C8H14O4.C4H8/c1-2-3-6(4-8(11)12)7(10)5-9;1-3-4-2/h6,9H,2-5H2,1H3,(H,11,12);3H,1,4H2,2H3. The minimum absolute atomic E-state index is 0.173. The number of carbonyl (C=O) groups excluding carboxylic acids is 1. The molecule has 0 bridgehead atoms. The second kappa shape index (κ2) is 11.9. The van der Waals surface area contributed by atoms with E-state index in [0.717, 1.165) is 12.8 Å². The Morgan fingerprint density at radius 1 is 1.38 bits per heavy atom. The van der Waals surface area contributed by atoms with E-state index in [1.807, 2.05) is 13.0 Å². The third kappa shape index (κ3) is 10.9. The number of carboxylic acid groups (broad SMARTS) is 1. The van der Waals surface area contributed by atoms with Crippen molar-refractivity contribution in [2.45, 2.75) is 39.5 Å². The summed E-state index contributed by atoms with van der Waals surface area (Å²) < 4.78 is 0. The monoisotopic (exact) mass is 230 g/mol. The van der Waals surface area contributed by atoms with Gasteiger partial charge in [-0.3, -0.25) is 9.59 Å². The van der Waals surface area contributed by atoms with Crippen LogP contribution in [-0.2, 0) is 9.59 Å². The van der Waals surface area contributed by atoms with Crippen molar-refractivity contribution in [2.75, 3.05) is 6.61 Å². The van der Waals surface area contributed by atoms with E-state index in [1.54, 1.807) is 0 Å². The summed E-state index contributed by atoms with van der Waals surface area (Å²) in [5, 5.41) is 16.9. The van der Waals surface area contributed by atoms with Crippen molar-refractivity contribution in [3.8, 4) is 0 Å². The van der Waals surface area contributed by atoms with Gasteiger partial charge in [-0.05, 0) is 12.8 Å². The van der Waals surface area contributed by atoms with Crippen molar-refractivity contribution in [1.82, 2.24) is 0 Å². The zero-order chi connectivity index (χ0) is 13.0. The summed E-state index contributed by atoms with van der Waals surface area (Å²) in [6, 6.07) is 0. The number of carboxylic acids is 1. The number of Topliss-reactive ketones (excluding diaryl/α,β-unsaturated/α-hetero) is 1. The highest BCUT2D eigenvalue weighted by Gasteiger charge is 2.19. The quantitative estimate of drug-likeness (QED) is 0.656. The van der Waals surface area contributed by atoms with E-state index in [9.17, 15) is 9.59 Å². The molecule has 0 radical (unpaired) electrons. The first-order valence-electron chi connectivity index (χ1n) is 5.49. The van der Waals surface area contributed by atoms with E-state index >= 15 is 0 Å². The molecule has 4 heteroatoms. The van der Waals surface area contributed by atoms with Crippen molar-refractivity contribution in [3.05, 3.63) is 12.7 Å². The third-order valence-electron chi connectivity index (χ3n) is 1.96. The van der Waals surface area contributed by atoms with Gasteiger partial charge in [0.1, 0.15) is 6.61 Å². The van der Waals surface area contributed by atoms with Crippen LogP contribution in [0.4, 0.5) is 0 Å². The van der Waals surface area contributed by atoms with E-state index in [2.05, 4.69) is 13.5 Å². The topological polar surface area (TPSA) is 74.6 Å².